The lowest BCUT2D eigenvalue weighted by atomic mass is 10.1. The highest BCUT2D eigenvalue weighted by molar-refractivity contribution is 8.03. The fourth-order valence-corrected chi connectivity index (χ4v) is 11.4. The molecule has 26 N–H and O–H groups in total. The summed E-state index contributed by atoms with van der Waals surface area (Å²) in [6.07, 6.45) is -4.65. The zero-order chi connectivity index (χ0) is 67.1. The number of carbonyl (C=O) groups excluding carboxylic acids is 8. The predicted molar refractivity (Wildman–Crippen MR) is 302 cm³/mol. The van der Waals surface area contributed by atoms with E-state index in [1.165, 1.54) is 0 Å². The molecule has 0 saturated carbocycles. The molecule has 0 spiro atoms. The number of carboxylic acid groups (broad SMARTS) is 8. The van der Waals surface area contributed by atoms with Crippen LogP contribution in [-0.2, 0) is 76.7 Å². The van der Waals surface area contributed by atoms with Crippen molar-refractivity contribution in [3.63, 3.8) is 0 Å². The number of thioether (sulfide) groups is 4. The molecule has 490 valence electrons. The number of carbonyl (C=O) groups is 16. The smallest absolute Gasteiger partial charge is 0.322 e. The molecule has 8 amide bonds. The van der Waals surface area contributed by atoms with Gasteiger partial charge in [0.2, 0.25) is 47.3 Å². The van der Waals surface area contributed by atoms with Crippen molar-refractivity contribution in [3.05, 3.63) is 0 Å². The number of aliphatic carboxylic acids is 8. The maximum atomic E-state index is 13.6. The molecule has 0 fully saturated rings. The number of rotatable bonds is 44. The molecule has 1 aromatic carbocycles. The van der Waals surface area contributed by atoms with Gasteiger partial charge in [0.25, 0.3) is 0 Å². The monoisotopic (exact) mass is 1330 g/mol. The van der Waals surface area contributed by atoms with Crippen LogP contribution in [-0.4, -0.2) is 244 Å². The van der Waals surface area contributed by atoms with Gasteiger partial charge in [0.1, 0.15) is 86.0 Å². The molecule has 0 aliphatic carbocycles. The minimum Gasteiger partial charge on any atom is -0.506 e. The second-order valence-electron chi connectivity index (χ2n) is 18.1. The fourth-order valence-electron chi connectivity index (χ4n) is 6.42. The fraction of sp³-hybridized carbons (Fsp3) is 0.522. The van der Waals surface area contributed by atoms with Crippen LogP contribution in [0.5, 0.6) is 11.5 Å². The molecule has 0 unspecified atom stereocenters. The first-order chi connectivity index (χ1) is 41.1. The Balaban J connectivity index is 4.57. The highest BCUT2D eigenvalue weighted by Crippen LogP contribution is 2.54. The molecular weight excluding hydrogens is 1260 g/mol. The largest absolute Gasteiger partial charge is 0.506 e. The van der Waals surface area contributed by atoms with Gasteiger partial charge in [-0.15, -0.1) is 47.0 Å². The van der Waals surface area contributed by atoms with Crippen LogP contribution in [0, 0.1) is 0 Å². The van der Waals surface area contributed by atoms with E-state index >= 15 is 0 Å². The summed E-state index contributed by atoms with van der Waals surface area (Å²) in [7, 11) is 0. The topological polar surface area (TPSA) is 676 Å². The number of aromatic hydroxyl groups is 2. The first-order valence-electron chi connectivity index (χ1n) is 25.3. The molecule has 38 nitrogen and oxygen atoms in total. The lowest BCUT2D eigenvalue weighted by molar-refractivity contribution is -0.140. The van der Waals surface area contributed by atoms with E-state index in [1.54, 1.807) is 0 Å². The highest BCUT2D eigenvalue weighted by atomic mass is 32.2. The van der Waals surface area contributed by atoms with Crippen LogP contribution in [0.1, 0.15) is 51.4 Å². The molecule has 1 rings (SSSR count). The predicted octanol–water partition coefficient (Wildman–Crippen LogP) is -7.02. The summed E-state index contributed by atoms with van der Waals surface area (Å²) in [5.41, 5.74) is 22.1. The summed E-state index contributed by atoms with van der Waals surface area (Å²) in [5.74, 6) is -26.9. The summed E-state index contributed by atoms with van der Waals surface area (Å²) in [5, 5.41) is 116. The number of hydrogen-bond acceptors (Lipinski definition) is 26. The van der Waals surface area contributed by atoms with E-state index in [2.05, 4.69) is 21.3 Å². The van der Waals surface area contributed by atoms with Gasteiger partial charge in [-0.25, -0.2) is 0 Å². The summed E-state index contributed by atoms with van der Waals surface area (Å²) in [4.78, 5) is 196. The van der Waals surface area contributed by atoms with E-state index in [0.717, 1.165) is 0 Å². The molecule has 1 aromatic rings. The summed E-state index contributed by atoms with van der Waals surface area (Å²) in [6, 6.07) is -13.8. The van der Waals surface area contributed by atoms with Crippen LogP contribution in [0.2, 0.25) is 0 Å². The molecule has 0 heterocycles. The number of hydrogen-bond donors (Lipinski definition) is 22. The lowest BCUT2D eigenvalue weighted by Gasteiger charge is -2.25. The van der Waals surface area contributed by atoms with Gasteiger partial charge in [0.05, 0.1) is 19.6 Å². The molecule has 0 saturated heterocycles. The van der Waals surface area contributed by atoms with Crippen LogP contribution in [0.4, 0.5) is 0 Å². The molecule has 0 aliphatic rings. The van der Waals surface area contributed by atoms with Crippen molar-refractivity contribution >= 4 is 142 Å². The maximum Gasteiger partial charge on any atom is 0.322 e. The van der Waals surface area contributed by atoms with E-state index in [-0.39, 0.29) is 0 Å². The van der Waals surface area contributed by atoms with Crippen LogP contribution >= 0.6 is 47.0 Å². The van der Waals surface area contributed by atoms with Crippen molar-refractivity contribution in [1.29, 1.82) is 0 Å². The minimum atomic E-state index is -1.86. The standard InChI is InChI=1S/C46H66N12O26S4/c47-17(43(77)78)1-5-25(59)55-21(39(73)51-9-29(63)64)13-85-35-33(71)37(87-15-23(41(75)53-11-31(67)68)57-27(61)7-3-19(49)45(81)82)38(88-16-24(42(76)54-12-32(69)70)58-28(62)8-4-20(50)46(83)84)34(72)36(35)86-14-22(40(74)52-10-30(65)66)56-26(60)6-2-18(48)44(79)80/h17-24,71-72H,1-16,47-50H2,(H,51,73)(H,52,74)(H,53,75)(H,54,76)(H,55,59)(H,56,60)(H,57,61)(H,58,62)(H,63,64)(H,65,66)(H,67,68)(H,69,70)(H,77,78)(H,79,80)(H,81,82)(H,83,84)/t17-,18-,19-,20-,21-,22-,23-,24-/m0/s1. The molecule has 88 heavy (non-hydrogen) atoms. The van der Waals surface area contributed by atoms with E-state index < -0.39 is 275 Å². The van der Waals surface area contributed by atoms with Crippen LogP contribution < -0.4 is 65.5 Å². The van der Waals surface area contributed by atoms with Gasteiger partial charge in [0, 0.05) is 48.7 Å². The van der Waals surface area contributed by atoms with Crippen molar-refractivity contribution in [1.82, 2.24) is 42.5 Å². The Bertz CT molecular complexity index is 2420. The third kappa shape index (κ3) is 29.8. The van der Waals surface area contributed by atoms with Gasteiger partial charge < -0.3 is 117 Å². The normalized spacial score (nSPS) is 13.6. The van der Waals surface area contributed by atoms with Crippen molar-refractivity contribution in [2.24, 2.45) is 22.9 Å². The van der Waals surface area contributed by atoms with E-state index in [1.807, 2.05) is 21.3 Å². The molecule has 0 aromatic heterocycles. The minimum absolute atomic E-state index is 0.353. The molecule has 0 radical (unpaired) electrons. The third-order valence-electron chi connectivity index (χ3n) is 11.1. The van der Waals surface area contributed by atoms with E-state index in [9.17, 15) is 128 Å². The number of carboxylic acids is 8. The second kappa shape index (κ2) is 39.4. The quantitative estimate of drug-likeness (QED) is 0.0213. The Hall–Kier alpha value is -8.42. The molecular formula is C46H66N12O26S4. The molecule has 0 aliphatic heterocycles. The van der Waals surface area contributed by atoms with E-state index in [0.29, 0.717) is 47.0 Å². The number of benzene rings is 1. The second-order valence-corrected chi connectivity index (χ2v) is 22.2. The SMILES string of the molecule is N[C@@H](CCC(=O)N[C@@H](CSc1c(O)c(SC[C@H](NC(=O)CC[C@H](N)C(=O)O)C(=O)NCC(=O)O)c(SC[C@H](NC(=O)CC[C@H](N)C(=O)O)C(=O)NCC(=O)O)c(O)c1SC[C@H](NC(=O)CC[C@H](N)C(=O)O)C(=O)NCC(=O)O)C(=O)NCC(=O)O)C(=O)O. The summed E-state index contributed by atoms with van der Waals surface area (Å²) in [6.45, 7) is -4.24. The van der Waals surface area contributed by atoms with E-state index in [4.69, 9.17) is 22.9 Å². The van der Waals surface area contributed by atoms with Crippen molar-refractivity contribution in [2.75, 3.05) is 49.2 Å². The molecule has 8 atom stereocenters. The average molecular weight is 1330 g/mol. The number of amides is 8. The molecule has 42 heteroatoms. The number of nitrogens with one attached hydrogen (secondary N) is 8. The van der Waals surface area contributed by atoms with Gasteiger partial charge in [-0.05, 0) is 25.7 Å². The Kier molecular flexibility index (Phi) is 34.7. The highest BCUT2D eigenvalue weighted by Gasteiger charge is 2.34. The first-order valence-corrected chi connectivity index (χ1v) is 29.2. The zero-order valence-corrected chi connectivity index (χ0v) is 49.1. The number of phenolic OH excluding ortho intramolecular Hbond substituents is 2. The Morgan fingerprint density at radius 3 is 0.636 bits per heavy atom. The first kappa shape index (κ1) is 77.6. The number of nitrogens with two attached hydrogens (primary N) is 4. The lowest BCUT2D eigenvalue weighted by Crippen LogP contribution is -2.49. The Morgan fingerprint density at radius 1 is 0.318 bits per heavy atom. The van der Waals surface area contributed by atoms with Crippen molar-refractivity contribution in [2.45, 2.75) is 119 Å². The van der Waals surface area contributed by atoms with Gasteiger partial charge in [-0.1, -0.05) is 0 Å². The van der Waals surface area contributed by atoms with Gasteiger partial charge >= 0.3 is 47.8 Å². The van der Waals surface area contributed by atoms with Gasteiger partial charge in [-0.3, -0.25) is 76.7 Å². The summed E-state index contributed by atoms with van der Waals surface area (Å²) >= 11 is 1.41. The third-order valence-corrected chi connectivity index (χ3v) is 16.1. The zero-order valence-electron chi connectivity index (χ0n) is 45.9. The van der Waals surface area contributed by atoms with Crippen LogP contribution in [0.25, 0.3) is 0 Å². The number of phenols is 2. The van der Waals surface area contributed by atoms with Gasteiger partial charge in [0.15, 0.2) is 0 Å². The van der Waals surface area contributed by atoms with Gasteiger partial charge in [-0.2, -0.15) is 0 Å². The van der Waals surface area contributed by atoms with Crippen molar-refractivity contribution in [3.8, 4) is 11.5 Å². The average Bonchev–Trinajstić information content (AvgIpc) is 3.65. The Morgan fingerprint density at radius 2 is 0.489 bits per heavy atom. The maximum absolute atomic E-state index is 13.6. The molecule has 0 bridgehead atoms. The summed E-state index contributed by atoms with van der Waals surface area (Å²) < 4.78 is 0. The van der Waals surface area contributed by atoms with Crippen LogP contribution in [0.15, 0.2) is 19.6 Å². The Labute approximate surface area is 513 Å². The van der Waals surface area contributed by atoms with Crippen LogP contribution in [0.3, 0.4) is 0 Å². The van der Waals surface area contributed by atoms with Crippen molar-refractivity contribution < 1.29 is 128 Å².